The van der Waals surface area contributed by atoms with Crippen molar-refractivity contribution >= 4 is 11.7 Å². The minimum absolute atomic E-state index is 0.223. The lowest BCUT2D eigenvalue weighted by atomic mass is 9.98. The Morgan fingerprint density at radius 1 is 1.29 bits per heavy atom. The van der Waals surface area contributed by atoms with E-state index in [4.69, 9.17) is 0 Å². The minimum Gasteiger partial charge on any atom is -0.368 e. The number of amides is 1. The molecule has 5 heteroatoms. The first kappa shape index (κ1) is 13.4. The molecule has 0 aliphatic heterocycles. The van der Waals surface area contributed by atoms with Crippen molar-refractivity contribution in [2.75, 3.05) is 18.9 Å². The van der Waals surface area contributed by atoms with Crippen molar-refractivity contribution in [1.82, 2.24) is 15.5 Å². The lowest BCUT2D eigenvalue weighted by molar-refractivity contribution is 0.0957. The summed E-state index contributed by atoms with van der Waals surface area (Å²) in [6.45, 7) is 7.41. The molecular weight excluding hydrogens is 216 g/mol. The highest BCUT2D eigenvalue weighted by Gasteiger charge is 2.08. The zero-order valence-corrected chi connectivity index (χ0v) is 10.8. The average Bonchev–Trinajstić information content (AvgIpc) is 2.35. The number of hydrogen-bond acceptors (Lipinski definition) is 4. The van der Waals surface area contributed by atoms with E-state index in [9.17, 15) is 4.79 Å². The topological polar surface area (TPSA) is 66.9 Å². The molecule has 0 radical (unpaired) electrons. The molecule has 0 aromatic carbocycles. The van der Waals surface area contributed by atoms with E-state index in [1.807, 2.05) is 0 Å². The smallest absolute Gasteiger partial charge is 0.271 e. The van der Waals surface area contributed by atoms with Crippen LogP contribution >= 0.6 is 0 Å². The molecule has 1 rings (SSSR count). The van der Waals surface area contributed by atoms with Crippen LogP contribution < -0.4 is 10.6 Å². The van der Waals surface area contributed by atoms with E-state index in [2.05, 4.69) is 41.6 Å². The summed E-state index contributed by atoms with van der Waals surface area (Å²) in [6, 6.07) is 3.43. The van der Waals surface area contributed by atoms with Crippen LogP contribution in [0.2, 0.25) is 0 Å². The van der Waals surface area contributed by atoms with E-state index in [0.717, 1.165) is 6.54 Å². The molecule has 1 amide bonds. The van der Waals surface area contributed by atoms with Gasteiger partial charge >= 0.3 is 0 Å². The number of nitrogens with zero attached hydrogens (tertiary/aromatic N) is 2. The van der Waals surface area contributed by atoms with Crippen LogP contribution in [0.5, 0.6) is 0 Å². The Morgan fingerprint density at radius 2 is 2.00 bits per heavy atom. The number of aromatic nitrogens is 2. The van der Waals surface area contributed by atoms with Gasteiger partial charge in [0.1, 0.15) is 5.82 Å². The Hall–Kier alpha value is -1.65. The molecule has 17 heavy (non-hydrogen) atoms. The number of carbonyl (C=O) groups is 1. The summed E-state index contributed by atoms with van der Waals surface area (Å²) >= 11 is 0. The van der Waals surface area contributed by atoms with Crippen molar-refractivity contribution in [2.24, 2.45) is 11.8 Å². The third kappa shape index (κ3) is 4.01. The Labute approximate surface area is 102 Å². The molecule has 5 nitrogen and oxygen atoms in total. The monoisotopic (exact) mass is 236 g/mol. The summed E-state index contributed by atoms with van der Waals surface area (Å²) in [5.41, 5.74) is 0.329. The predicted octanol–water partition coefficient (Wildman–Crippen LogP) is 1.54. The molecule has 1 heterocycles. The van der Waals surface area contributed by atoms with Gasteiger partial charge in [-0.25, -0.2) is 0 Å². The molecule has 0 bridgehead atoms. The van der Waals surface area contributed by atoms with E-state index >= 15 is 0 Å². The van der Waals surface area contributed by atoms with Crippen molar-refractivity contribution in [3.05, 3.63) is 17.8 Å². The normalized spacial score (nSPS) is 12.3. The van der Waals surface area contributed by atoms with Crippen LogP contribution in [0.4, 0.5) is 5.82 Å². The summed E-state index contributed by atoms with van der Waals surface area (Å²) in [6.07, 6.45) is 0. The van der Waals surface area contributed by atoms with Gasteiger partial charge in [0.15, 0.2) is 5.69 Å². The molecule has 1 aromatic rings. The highest BCUT2D eigenvalue weighted by atomic mass is 16.1. The number of anilines is 1. The van der Waals surface area contributed by atoms with Gasteiger partial charge < -0.3 is 10.6 Å². The zero-order valence-electron chi connectivity index (χ0n) is 10.8. The summed E-state index contributed by atoms with van der Waals surface area (Å²) in [5.74, 6) is 1.67. The van der Waals surface area contributed by atoms with Crippen molar-refractivity contribution in [2.45, 2.75) is 20.8 Å². The van der Waals surface area contributed by atoms with Crippen molar-refractivity contribution in [1.29, 1.82) is 0 Å². The van der Waals surface area contributed by atoms with Gasteiger partial charge in [-0.1, -0.05) is 20.8 Å². The first-order valence-corrected chi connectivity index (χ1v) is 5.84. The molecule has 0 aliphatic carbocycles. The third-order valence-electron chi connectivity index (χ3n) is 2.87. The number of hydrogen-bond donors (Lipinski definition) is 2. The van der Waals surface area contributed by atoms with Gasteiger partial charge in [-0.2, -0.15) is 0 Å². The molecule has 0 saturated heterocycles. The van der Waals surface area contributed by atoms with Crippen LogP contribution in [0, 0.1) is 11.8 Å². The fourth-order valence-corrected chi connectivity index (χ4v) is 1.18. The maximum absolute atomic E-state index is 11.2. The van der Waals surface area contributed by atoms with E-state index in [-0.39, 0.29) is 5.91 Å². The molecule has 1 atom stereocenters. The molecule has 0 aliphatic rings. The standard InChI is InChI=1S/C12H20N4O/c1-8(2)9(3)7-14-11-6-5-10(15-16-11)12(17)13-4/h5-6,8-9H,7H2,1-4H3,(H,13,17)(H,14,16). The largest absolute Gasteiger partial charge is 0.368 e. The van der Waals surface area contributed by atoms with Gasteiger partial charge in [0.25, 0.3) is 5.91 Å². The lowest BCUT2D eigenvalue weighted by Gasteiger charge is -2.16. The maximum atomic E-state index is 11.2. The zero-order chi connectivity index (χ0) is 12.8. The Morgan fingerprint density at radius 3 is 2.47 bits per heavy atom. The highest BCUT2D eigenvalue weighted by Crippen LogP contribution is 2.10. The lowest BCUT2D eigenvalue weighted by Crippen LogP contribution is -2.20. The van der Waals surface area contributed by atoms with Crippen LogP contribution in [-0.2, 0) is 0 Å². The Bertz CT molecular complexity index is 361. The van der Waals surface area contributed by atoms with Crippen LogP contribution in [0.15, 0.2) is 12.1 Å². The number of carbonyl (C=O) groups excluding carboxylic acids is 1. The van der Waals surface area contributed by atoms with Crippen molar-refractivity contribution < 1.29 is 4.79 Å². The van der Waals surface area contributed by atoms with Gasteiger partial charge in [0, 0.05) is 13.6 Å². The van der Waals surface area contributed by atoms with Crippen LogP contribution in [0.1, 0.15) is 31.3 Å². The Kier molecular flexibility index (Phi) is 4.87. The maximum Gasteiger partial charge on any atom is 0.271 e. The van der Waals surface area contributed by atoms with E-state index in [0.29, 0.717) is 23.3 Å². The second kappa shape index (κ2) is 6.18. The molecule has 0 fully saturated rings. The first-order valence-electron chi connectivity index (χ1n) is 5.84. The van der Waals surface area contributed by atoms with E-state index in [1.54, 1.807) is 19.2 Å². The summed E-state index contributed by atoms with van der Waals surface area (Å²) in [4.78, 5) is 11.2. The minimum atomic E-state index is -0.223. The second-order valence-electron chi connectivity index (χ2n) is 4.49. The van der Waals surface area contributed by atoms with E-state index < -0.39 is 0 Å². The molecular formula is C12H20N4O. The fraction of sp³-hybridized carbons (Fsp3) is 0.583. The summed E-state index contributed by atoms with van der Waals surface area (Å²) < 4.78 is 0. The molecule has 1 unspecified atom stereocenters. The molecule has 0 saturated carbocycles. The van der Waals surface area contributed by atoms with Gasteiger partial charge in [0.2, 0.25) is 0 Å². The molecule has 2 N–H and O–H groups in total. The molecule has 0 spiro atoms. The van der Waals surface area contributed by atoms with Crippen LogP contribution in [0.25, 0.3) is 0 Å². The molecule has 1 aromatic heterocycles. The van der Waals surface area contributed by atoms with Crippen LogP contribution in [0.3, 0.4) is 0 Å². The van der Waals surface area contributed by atoms with E-state index in [1.165, 1.54) is 0 Å². The quantitative estimate of drug-likeness (QED) is 0.813. The third-order valence-corrected chi connectivity index (χ3v) is 2.87. The Balaban J connectivity index is 2.54. The van der Waals surface area contributed by atoms with Gasteiger partial charge in [0.05, 0.1) is 0 Å². The van der Waals surface area contributed by atoms with Gasteiger partial charge in [-0.05, 0) is 24.0 Å². The summed E-state index contributed by atoms with van der Waals surface area (Å²) in [7, 11) is 1.57. The predicted molar refractivity (Wildman–Crippen MR) is 67.9 cm³/mol. The van der Waals surface area contributed by atoms with Gasteiger partial charge in [-0.3, -0.25) is 4.79 Å². The second-order valence-corrected chi connectivity index (χ2v) is 4.49. The number of rotatable bonds is 5. The molecule has 94 valence electrons. The van der Waals surface area contributed by atoms with Crippen LogP contribution in [-0.4, -0.2) is 29.7 Å². The highest BCUT2D eigenvalue weighted by molar-refractivity contribution is 5.91. The average molecular weight is 236 g/mol. The SMILES string of the molecule is CNC(=O)c1ccc(NCC(C)C(C)C)nn1. The van der Waals surface area contributed by atoms with Crippen molar-refractivity contribution in [3.8, 4) is 0 Å². The van der Waals surface area contributed by atoms with Crippen molar-refractivity contribution in [3.63, 3.8) is 0 Å². The number of nitrogens with one attached hydrogen (secondary N) is 2. The van der Waals surface area contributed by atoms with Gasteiger partial charge in [-0.15, -0.1) is 10.2 Å². The summed E-state index contributed by atoms with van der Waals surface area (Å²) in [5, 5.41) is 13.5. The fourth-order valence-electron chi connectivity index (χ4n) is 1.18. The first-order chi connectivity index (χ1) is 8.04.